The number of carbonyl (C=O) groups is 1. The second kappa shape index (κ2) is 11.8. The second-order valence-corrected chi connectivity index (χ2v) is 14.4. The smallest absolute Gasteiger partial charge is 0.232 e. The van der Waals surface area contributed by atoms with Gasteiger partial charge in [0.2, 0.25) is 15.9 Å². The lowest BCUT2D eigenvalue weighted by molar-refractivity contribution is -0.154. The molecule has 8 heteroatoms. The molecule has 41 heavy (non-hydrogen) atoms. The topological polar surface area (TPSA) is 57.7 Å². The van der Waals surface area contributed by atoms with E-state index in [0.29, 0.717) is 28.6 Å². The van der Waals surface area contributed by atoms with Crippen molar-refractivity contribution in [1.82, 2.24) is 4.90 Å². The lowest BCUT2D eigenvalue weighted by Crippen LogP contribution is -2.59. The van der Waals surface area contributed by atoms with Gasteiger partial charge in [0.25, 0.3) is 0 Å². The van der Waals surface area contributed by atoms with Crippen molar-refractivity contribution in [3.05, 3.63) is 113 Å². The number of amides is 1. The molecular weight excluding hydrogens is 575 g/mol. The maximum Gasteiger partial charge on any atom is 0.232 e. The van der Waals surface area contributed by atoms with Crippen molar-refractivity contribution in [2.45, 2.75) is 50.6 Å². The summed E-state index contributed by atoms with van der Waals surface area (Å²) in [5.74, 6) is 0.129. The summed E-state index contributed by atoms with van der Waals surface area (Å²) in [7, 11) is -3.63. The predicted molar refractivity (Wildman–Crippen MR) is 168 cm³/mol. The average molecular weight is 612 g/mol. The number of para-hydroxylation sites is 1. The van der Waals surface area contributed by atoms with E-state index >= 15 is 0 Å². The molecule has 4 atom stereocenters. The van der Waals surface area contributed by atoms with Crippen LogP contribution in [-0.4, -0.2) is 38.1 Å². The second-order valence-electron chi connectivity index (χ2n) is 11.7. The maximum atomic E-state index is 14.7. The van der Waals surface area contributed by atoms with Gasteiger partial charge in [-0.1, -0.05) is 78.7 Å². The van der Waals surface area contributed by atoms with E-state index in [1.165, 1.54) is 10.6 Å². The SMILES string of the molecule is C=CC[C@@]1(C)C[C@H](c2cccc(Cl)c2)[C@@H](c2ccc(Cl)cc2)N([C@H](CN(c2ccccc2)S(C)(=O)=O)C2CC2)C1=O. The molecule has 0 spiro atoms. The molecule has 1 amide bonds. The van der Waals surface area contributed by atoms with Crippen molar-refractivity contribution in [3.63, 3.8) is 0 Å². The van der Waals surface area contributed by atoms with Gasteiger partial charge in [-0.15, -0.1) is 6.58 Å². The first-order valence-corrected chi connectivity index (χ1v) is 16.6. The van der Waals surface area contributed by atoms with Crippen LogP contribution >= 0.6 is 23.2 Å². The molecule has 0 N–H and O–H groups in total. The molecule has 216 valence electrons. The fourth-order valence-electron chi connectivity index (χ4n) is 6.39. The Morgan fingerprint density at radius 1 is 1.00 bits per heavy atom. The minimum Gasteiger partial charge on any atom is -0.329 e. The molecule has 5 nitrogen and oxygen atoms in total. The molecular formula is C33H36Cl2N2O3S. The van der Waals surface area contributed by atoms with E-state index in [-0.39, 0.29) is 36.4 Å². The van der Waals surface area contributed by atoms with Gasteiger partial charge in [-0.05, 0) is 79.1 Å². The highest BCUT2D eigenvalue weighted by atomic mass is 35.5. The first kappa shape index (κ1) is 29.7. The molecule has 1 heterocycles. The van der Waals surface area contributed by atoms with E-state index in [1.54, 1.807) is 12.1 Å². The molecule has 1 aliphatic carbocycles. The van der Waals surface area contributed by atoms with Crippen LogP contribution in [0.3, 0.4) is 0 Å². The van der Waals surface area contributed by atoms with Gasteiger partial charge in [0.1, 0.15) is 0 Å². The number of halogens is 2. The van der Waals surface area contributed by atoms with E-state index in [2.05, 4.69) is 12.6 Å². The minimum atomic E-state index is -3.63. The molecule has 0 radical (unpaired) electrons. The first-order chi connectivity index (χ1) is 19.5. The summed E-state index contributed by atoms with van der Waals surface area (Å²) in [4.78, 5) is 16.7. The van der Waals surface area contributed by atoms with Crippen LogP contribution in [-0.2, 0) is 14.8 Å². The summed E-state index contributed by atoms with van der Waals surface area (Å²) in [5.41, 5.74) is 1.88. The molecule has 0 unspecified atom stereocenters. The number of piperidine rings is 1. The van der Waals surface area contributed by atoms with Crippen LogP contribution in [0.15, 0.2) is 91.5 Å². The van der Waals surface area contributed by atoms with E-state index < -0.39 is 15.4 Å². The number of rotatable bonds is 10. The Labute approximate surface area is 253 Å². The highest BCUT2D eigenvalue weighted by Gasteiger charge is 2.54. The van der Waals surface area contributed by atoms with Gasteiger partial charge < -0.3 is 4.90 Å². The molecule has 3 aromatic carbocycles. The van der Waals surface area contributed by atoms with Crippen molar-refractivity contribution in [2.24, 2.45) is 11.3 Å². The zero-order chi connectivity index (χ0) is 29.4. The van der Waals surface area contributed by atoms with E-state index in [9.17, 15) is 13.2 Å². The molecule has 1 saturated heterocycles. The third-order valence-electron chi connectivity index (χ3n) is 8.51. The van der Waals surface area contributed by atoms with E-state index in [1.807, 2.05) is 78.6 Å². The third-order valence-corrected chi connectivity index (χ3v) is 10.2. The Kier molecular flexibility index (Phi) is 8.56. The molecule has 1 saturated carbocycles. The molecule has 5 rings (SSSR count). The highest BCUT2D eigenvalue weighted by Crippen LogP contribution is 2.54. The molecule has 0 bridgehead atoms. The fraction of sp³-hybridized carbons (Fsp3) is 0.364. The van der Waals surface area contributed by atoms with Gasteiger partial charge in [-0.3, -0.25) is 9.10 Å². The Balaban J connectivity index is 1.69. The first-order valence-electron chi connectivity index (χ1n) is 14.0. The van der Waals surface area contributed by atoms with Gasteiger partial charge in [0.15, 0.2) is 0 Å². The summed E-state index contributed by atoms with van der Waals surface area (Å²) in [5, 5.41) is 1.25. The monoisotopic (exact) mass is 610 g/mol. The van der Waals surface area contributed by atoms with Crippen molar-refractivity contribution in [3.8, 4) is 0 Å². The predicted octanol–water partition coefficient (Wildman–Crippen LogP) is 7.88. The number of nitrogens with zero attached hydrogens (tertiary/aromatic N) is 2. The van der Waals surface area contributed by atoms with Crippen molar-refractivity contribution < 1.29 is 13.2 Å². The van der Waals surface area contributed by atoms with Gasteiger partial charge in [-0.2, -0.15) is 0 Å². The Bertz CT molecular complexity index is 1510. The third kappa shape index (κ3) is 6.35. The quantitative estimate of drug-likeness (QED) is 0.219. The number of likely N-dealkylation sites (tertiary alicyclic amines) is 1. The highest BCUT2D eigenvalue weighted by molar-refractivity contribution is 7.92. The number of hydrogen-bond donors (Lipinski definition) is 0. The largest absolute Gasteiger partial charge is 0.329 e. The zero-order valence-corrected chi connectivity index (χ0v) is 25.7. The number of sulfonamides is 1. The van der Waals surface area contributed by atoms with Gasteiger partial charge in [-0.25, -0.2) is 8.42 Å². The van der Waals surface area contributed by atoms with Gasteiger partial charge >= 0.3 is 0 Å². The molecule has 0 aromatic heterocycles. The summed E-state index contributed by atoms with van der Waals surface area (Å²) in [6, 6.07) is 24.0. The Morgan fingerprint density at radius 2 is 1.68 bits per heavy atom. The fourth-order valence-corrected chi connectivity index (χ4v) is 7.65. The van der Waals surface area contributed by atoms with Crippen LogP contribution < -0.4 is 4.31 Å². The molecule has 2 aliphatic rings. The Morgan fingerprint density at radius 3 is 2.27 bits per heavy atom. The number of anilines is 1. The van der Waals surface area contributed by atoms with Gasteiger partial charge in [0.05, 0.1) is 36.0 Å². The van der Waals surface area contributed by atoms with Crippen LogP contribution in [0.25, 0.3) is 0 Å². The van der Waals surface area contributed by atoms with Gasteiger partial charge in [0, 0.05) is 16.0 Å². The number of benzene rings is 3. The molecule has 1 aliphatic heterocycles. The summed E-state index contributed by atoms with van der Waals surface area (Å²) >= 11 is 12.8. The van der Waals surface area contributed by atoms with Crippen LogP contribution in [0.4, 0.5) is 5.69 Å². The summed E-state index contributed by atoms with van der Waals surface area (Å²) < 4.78 is 27.8. The number of hydrogen-bond acceptors (Lipinski definition) is 3. The van der Waals surface area contributed by atoms with Crippen LogP contribution in [0.2, 0.25) is 10.0 Å². The van der Waals surface area contributed by atoms with Crippen molar-refractivity contribution in [2.75, 3.05) is 17.1 Å². The summed E-state index contributed by atoms with van der Waals surface area (Å²) in [6.07, 6.45) is 6.04. The van der Waals surface area contributed by atoms with E-state index in [4.69, 9.17) is 23.2 Å². The maximum absolute atomic E-state index is 14.7. The minimum absolute atomic E-state index is 0.0223. The standard InChI is InChI=1S/C33H36Cl2N2O3S/c1-4-19-33(2)21-29(25-9-8-10-27(35)20-25)31(24-15-17-26(34)18-16-24)37(32(33)38)30(23-13-14-23)22-36(41(3,39)40)28-11-6-5-7-12-28/h4-12,15-18,20,23,29-31H,1,13-14,19,21-22H2,2-3H3/t29-,30-,31-,33+/m1/s1. The van der Waals surface area contributed by atoms with Crippen molar-refractivity contribution in [1.29, 1.82) is 0 Å². The normalized spacial score (nSPS) is 23.7. The molecule has 2 fully saturated rings. The summed E-state index contributed by atoms with van der Waals surface area (Å²) in [6.45, 7) is 6.16. The number of allylic oxidation sites excluding steroid dienone is 1. The lowest BCUT2D eigenvalue weighted by Gasteiger charge is -2.52. The Hall–Kier alpha value is -2.80. The van der Waals surface area contributed by atoms with Crippen LogP contribution in [0, 0.1) is 11.3 Å². The van der Waals surface area contributed by atoms with E-state index in [0.717, 1.165) is 24.0 Å². The molecule has 3 aromatic rings. The zero-order valence-electron chi connectivity index (χ0n) is 23.4. The van der Waals surface area contributed by atoms with Crippen molar-refractivity contribution >= 4 is 44.8 Å². The number of carbonyl (C=O) groups excluding carboxylic acids is 1. The van der Waals surface area contributed by atoms with Crippen LogP contribution in [0.1, 0.15) is 55.7 Å². The van der Waals surface area contributed by atoms with Crippen LogP contribution in [0.5, 0.6) is 0 Å². The average Bonchev–Trinajstić information content (AvgIpc) is 3.77. The lowest BCUT2D eigenvalue weighted by atomic mass is 9.67.